The predicted octanol–water partition coefficient (Wildman–Crippen LogP) is 4.08. The molecule has 1 heterocycles. The van der Waals surface area contributed by atoms with Crippen molar-refractivity contribution in [1.29, 1.82) is 0 Å². The van der Waals surface area contributed by atoms with Crippen LogP contribution in [0.1, 0.15) is 63.3 Å². The molecule has 0 aromatic carbocycles. The van der Waals surface area contributed by atoms with Gasteiger partial charge in [0, 0.05) is 13.3 Å². The predicted molar refractivity (Wildman–Crippen MR) is 67.6 cm³/mol. The van der Waals surface area contributed by atoms with Crippen molar-refractivity contribution in [3.8, 4) is 0 Å². The summed E-state index contributed by atoms with van der Waals surface area (Å²) in [7, 11) is 1.74. The van der Waals surface area contributed by atoms with Crippen LogP contribution in [0.3, 0.4) is 0 Å². The fourth-order valence-corrected chi connectivity index (χ4v) is 2.15. The van der Waals surface area contributed by atoms with Gasteiger partial charge in [0.2, 0.25) is 0 Å². The van der Waals surface area contributed by atoms with Crippen LogP contribution in [0.2, 0.25) is 0 Å². The normalized spacial score (nSPS) is 14.8. The van der Waals surface area contributed by atoms with E-state index < -0.39 is 0 Å². The highest BCUT2D eigenvalue weighted by Gasteiger charge is 2.17. The Labute approximate surface area is 99.0 Å². The molecular weight excluding hydrogens is 198 g/mol. The fourth-order valence-electron chi connectivity index (χ4n) is 2.15. The van der Waals surface area contributed by atoms with Gasteiger partial charge in [0.15, 0.2) is 0 Å². The number of hydrogen-bond donors (Lipinski definition) is 0. The lowest BCUT2D eigenvalue weighted by Crippen LogP contribution is -2.08. The zero-order chi connectivity index (χ0) is 12.0. The third-order valence-corrected chi connectivity index (χ3v) is 3.18. The molecule has 1 rings (SSSR count). The van der Waals surface area contributed by atoms with Crippen LogP contribution < -0.4 is 0 Å². The van der Waals surface area contributed by atoms with Crippen LogP contribution in [-0.4, -0.2) is 12.1 Å². The minimum absolute atomic E-state index is 0.0853. The Morgan fingerprint density at radius 1 is 1.38 bits per heavy atom. The molecule has 16 heavy (non-hydrogen) atoms. The molecule has 1 aromatic heterocycles. The standard InChI is InChI=1S/C14H23NO/c1-5-8-12(6-2)13-9-7-10-15-14(13)11(3)16-4/h7,9-12H,5-6,8H2,1-4H3. The van der Waals surface area contributed by atoms with Crippen LogP contribution in [0.25, 0.3) is 0 Å². The SMILES string of the molecule is CCCC(CC)c1cccnc1C(C)OC. The van der Waals surface area contributed by atoms with Crippen molar-refractivity contribution in [2.45, 2.75) is 52.1 Å². The number of nitrogens with zero attached hydrogens (tertiary/aromatic N) is 1. The molecule has 0 spiro atoms. The second kappa shape index (κ2) is 6.64. The molecule has 0 saturated carbocycles. The zero-order valence-electron chi connectivity index (χ0n) is 10.9. The highest BCUT2D eigenvalue weighted by Crippen LogP contribution is 2.30. The summed E-state index contributed by atoms with van der Waals surface area (Å²) < 4.78 is 5.39. The van der Waals surface area contributed by atoms with E-state index in [0.29, 0.717) is 5.92 Å². The minimum Gasteiger partial charge on any atom is -0.375 e. The van der Waals surface area contributed by atoms with Crippen LogP contribution in [0.15, 0.2) is 18.3 Å². The molecule has 2 atom stereocenters. The second-order valence-electron chi connectivity index (χ2n) is 4.25. The lowest BCUT2D eigenvalue weighted by atomic mass is 9.90. The van der Waals surface area contributed by atoms with Crippen molar-refractivity contribution in [3.05, 3.63) is 29.6 Å². The topological polar surface area (TPSA) is 22.1 Å². The lowest BCUT2D eigenvalue weighted by Gasteiger charge is -2.20. The Kier molecular flexibility index (Phi) is 5.47. The van der Waals surface area contributed by atoms with E-state index in [-0.39, 0.29) is 6.10 Å². The molecule has 0 aliphatic rings. The molecule has 2 unspecified atom stereocenters. The molecule has 0 fully saturated rings. The average Bonchev–Trinajstić information content (AvgIpc) is 2.35. The molecule has 1 aromatic rings. The van der Waals surface area contributed by atoms with Gasteiger partial charge < -0.3 is 4.74 Å². The summed E-state index contributed by atoms with van der Waals surface area (Å²) in [6.07, 6.45) is 5.55. The first-order valence-corrected chi connectivity index (χ1v) is 6.22. The van der Waals surface area contributed by atoms with Gasteiger partial charge in [-0.2, -0.15) is 0 Å². The minimum atomic E-state index is 0.0853. The Bertz CT molecular complexity index is 311. The number of methoxy groups -OCH3 is 1. The summed E-state index contributed by atoms with van der Waals surface area (Å²) in [5.74, 6) is 0.617. The number of rotatable bonds is 6. The van der Waals surface area contributed by atoms with E-state index >= 15 is 0 Å². The molecule has 0 bridgehead atoms. The average molecular weight is 221 g/mol. The summed E-state index contributed by atoms with van der Waals surface area (Å²) >= 11 is 0. The molecule has 0 aliphatic carbocycles. The molecule has 0 N–H and O–H groups in total. The third-order valence-electron chi connectivity index (χ3n) is 3.18. The van der Waals surface area contributed by atoms with Crippen molar-refractivity contribution < 1.29 is 4.74 Å². The zero-order valence-corrected chi connectivity index (χ0v) is 10.9. The van der Waals surface area contributed by atoms with Crippen LogP contribution in [-0.2, 0) is 4.74 Å². The third kappa shape index (κ3) is 3.05. The van der Waals surface area contributed by atoms with E-state index in [2.05, 4.69) is 31.8 Å². The first-order chi connectivity index (χ1) is 7.74. The number of hydrogen-bond acceptors (Lipinski definition) is 2. The summed E-state index contributed by atoms with van der Waals surface area (Å²) in [4.78, 5) is 4.48. The Morgan fingerprint density at radius 2 is 2.12 bits per heavy atom. The van der Waals surface area contributed by atoms with E-state index in [9.17, 15) is 0 Å². The molecule has 0 aliphatic heterocycles. The van der Waals surface area contributed by atoms with Crippen molar-refractivity contribution in [3.63, 3.8) is 0 Å². The molecule has 90 valence electrons. The van der Waals surface area contributed by atoms with Gasteiger partial charge in [0.25, 0.3) is 0 Å². The maximum atomic E-state index is 5.39. The Balaban J connectivity index is 3.00. The van der Waals surface area contributed by atoms with Crippen LogP contribution in [0.5, 0.6) is 0 Å². The first kappa shape index (κ1) is 13.2. The number of ether oxygens (including phenoxy) is 1. The van der Waals surface area contributed by atoms with Crippen molar-refractivity contribution in [2.24, 2.45) is 0 Å². The maximum Gasteiger partial charge on any atom is 0.0965 e. The van der Waals surface area contributed by atoms with Gasteiger partial charge in [-0.1, -0.05) is 26.3 Å². The highest BCUT2D eigenvalue weighted by atomic mass is 16.5. The molecule has 0 saturated heterocycles. The largest absolute Gasteiger partial charge is 0.375 e. The second-order valence-corrected chi connectivity index (χ2v) is 4.25. The van der Waals surface area contributed by atoms with Gasteiger partial charge in [-0.15, -0.1) is 0 Å². The van der Waals surface area contributed by atoms with Gasteiger partial charge in [0.1, 0.15) is 0 Å². The van der Waals surface area contributed by atoms with E-state index in [4.69, 9.17) is 4.74 Å². The van der Waals surface area contributed by atoms with Crippen LogP contribution in [0, 0.1) is 0 Å². The maximum absolute atomic E-state index is 5.39. The van der Waals surface area contributed by atoms with Crippen molar-refractivity contribution in [2.75, 3.05) is 7.11 Å². The molecule has 2 nitrogen and oxygen atoms in total. The Morgan fingerprint density at radius 3 is 2.69 bits per heavy atom. The molecule has 0 amide bonds. The van der Waals surface area contributed by atoms with E-state index in [1.54, 1.807) is 7.11 Å². The molecule has 2 heteroatoms. The first-order valence-electron chi connectivity index (χ1n) is 6.22. The molecular formula is C14H23NO. The smallest absolute Gasteiger partial charge is 0.0965 e. The van der Waals surface area contributed by atoms with Crippen LogP contribution in [0.4, 0.5) is 0 Å². The number of pyridine rings is 1. The molecule has 0 radical (unpaired) electrons. The van der Waals surface area contributed by atoms with Gasteiger partial charge in [-0.05, 0) is 37.3 Å². The highest BCUT2D eigenvalue weighted by molar-refractivity contribution is 5.25. The van der Waals surface area contributed by atoms with E-state index in [1.807, 2.05) is 12.3 Å². The van der Waals surface area contributed by atoms with Crippen molar-refractivity contribution in [1.82, 2.24) is 4.98 Å². The fraction of sp³-hybridized carbons (Fsp3) is 0.643. The monoisotopic (exact) mass is 221 g/mol. The summed E-state index contributed by atoms with van der Waals surface area (Å²) in [6, 6.07) is 4.22. The van der Waals surface area contributed by atoms with E-state index in [1.165, 1.54) is 24.8 Å². The number of aromatic nitrogens is 1. The Hall–Kier alpha value is -0.890. The summed E-state index contributed by atoms with van der Waals surface area (Å²) in [6.45, 7) is 6.54. The van der Waals surface area contributed by atoms with Gasteiger partial charge in [0.05, 0.1) is 11.8 Å². The van der Waals surface area contributed by atoms with Crippen LogP contribution >= 0.6 is 0 Å². The summed E-state index contributed by atoms with van der Waals surface area (Å²) in [5.41, 5.74) is 2.46. The lowest BCUT2D eigenvalue weighted by molar-refractivity contribution is 0.114. The van der Waals surface area contributed by atoms with E-state index in [0.717, 1.165) is 5.69 Å². The summed E-state index contributed by atoms with van der Waals surface area (Å²) in [5, 5.41) is 0. The van der Waals surface area contributed by atoms with Crippen molar-refractivity contribution >= 4 is 0 Å². The van der Waals surface area contributed by atoms with Gasteiger partial charge in [-0.25, -0.2) is 0 Å². The quantitative estimate of drug-likeness (QED) is 0.722. The van der Waals surface area contributed by atoms with Gasteiger partial charge in [-0.3, -0.25) is 4.98 Å². The van der Waals surface area contributed by atoms with Gasteiger partial charge >= 0.3 is 0 Å².